The summed E-state index contributed by atoms with van der Waals surface area (Å²) in [7, 11) is 0. The van der Waals surface area contributed by atoms with E-state index in [0.29, 0.717) is 37.3 Å². The highest BCUT2D eigenvalue weighted by atomic mass is 19.4. The van der Waals surface area contributed by atoms with Crippen LogP contribution in [0.15, 0.2) is 28.8 Å². The molecule has 2 N–H and O–H groups in total. The van der Waals surface area contributed by atoms with E-state index >= 15 is 0 Å². The maximum atomic E-state index is 14.0. The highest BCUT2D eigenvalue weighted by Gasteiger charge is 2.52. The lowest BCUT2D eigenvalue weighted by molar-refractivity contribution is -0.141. The minimum absolute atomic E-state index is 0.0541. The Kier molecular flexibility index (Phi) is 5.67. The van der Waals surface area contributed by atoms with E-state index in [9.17, 15) is 31.9 Å². The van der Waals surface area contributed by atoms with Crippen LogP contribution in [0.2, 0.25) is 0 Å². The van der Waals surface area contributed by atoms with Gasteiger partial charge < -0.3 is 14.9 Å². The average molecular weight is 509 g/mol. The summed E-state index contributed by atoms with van der Waals surface area (Å²) in [4.78, 5) is 16.8. The smallest absolute Gasteiger partial charge is 0.435 e. The molecule has 3 aliphatic rings. The largest absolute Gasteiger partial charge is 0.505 e. The van der Waals surface area contributed by atoms with Crippen molar-refractivity contribution in [1.29, 1.82) is 0 Å². The van der Waals surface area contributed by atoms with Gasteiger partial charge in [0.25, 0.3) is 5.91 Å². The first-order valence-corrected chi connectivity index (χ1v) is 11.2. The summed E-state index contributed by atoms with van der Waals surface area (Å²) in [6.45, 7) is 0.278. The first-order chi connectivity index (χ1) is 17.0. The van der Waals surface area contributed by atoms with Gasteiger partial charge in [-0.3, -0.25) is 4.79 Å². The van der Waals surface area contributed by atoms with Gasteiger partial charge in [-0.15, -0.1) is 10.2 Å². The van der Waals surface area contributed by atoms with Crippen molar-refractivity contribution in [2.75, 3.05) is 6.54 Å². The van der Waals surface area contributed by atoms with E-state index in [2.05, 4.69) is 25.7 Å². The Labute approximate surface area is 200 Å². The minimum Gasteiger partial charge on any atom is -0.505 e. The van der Waals surface area contributed by atoms with Crippen molar-refractivity contribution in [3.8, 4) is 17.3 Å². The van der Waals surface area contributed by atoms with Crippen LogP contribution in [0.5, 0.6) is 5.75 Å². The standard InChI is InChI=1S/C23H20F5N5O3/c24-13-10-16(34)14(25)9-12(13)19(35)29-11-21-3-6-22(7-4-21,8-5-21)20-30-18(33-36-20)15-1-2-17(32-31-15)23(26,27)28/h1-2,9-10,34H,3-8,11H2,(H,29,35). The maximum absolute atomic E-state index is 14.0. The van der Waals surface area contributed by atoms with Crippen molar-refractivity contribution in [1.82, 2.24) is 25.7 Å². The highest BCUT2D eigenvalue weighted by Crippen LogP contribution is 2.57. The number of hydrogen-bond donors (Lipinski definition) is 2. The summed E-state index contributed by atoms with van der Waals surface area (Å²) < 4.78 is 71.2. The number of halogens is 5. The minimum atomic E-state index is -4.60. The van der Waals surface area contributed by atoms with E-state index < -0.39 is 40.7 Å². The molecule has 3 saturated carbocycles. The molecule has 3 aromatic rings. The highest BCUT2D eigenvalue weighted by molar-refractivity contribution is 5.94. The number of carbonyl (C=O) groups excluding carboxylic acids is 1. The maximum Gasteiger partial charge on any atom is 0.435 e. The molecule has 2 heterocycles. The molecule has 8 nitrogen and oxygen atoms in total. The number of benzene rings is 1. The van der Waals surface area contributed by atoms with Crippen molar-refractivity contribution in [3.05, 3.63) is 53.0 Å². The van der Waals surface area contributed by atoms with Gasteiger partial charge in [-0.1, -0.05) is 5.16 Å². The topological polar surface area (TPSA) is 114 Å². The van der Waals surface area contributed by atoms with Gasteiger partial charge in [0.2, 0.25) is 11.7 Å². The van der Waals surface area contributed by atoms with Crippen molar-refractivity contribution in [2.45, 2.75) is 50.1 Å². The molecular formula is C23H20F5N5O3. The number of phenolic OH excluding ortho intramolecular Hbond substituents is 1. The Balaban J connectivity index is 1.24. The lowest BCUT2D eigenvalue weighted by Gasteiger charge is -2.51. The number of fused-ring (bicyclic) bond motifs is 3. The number of amides is 1. The fraction of sp³-hybridized carbons (Fsp3) is 0.435. The molecule has 6 rings (SSSR count). The van der Waals surface area contributed by atoms with Gasteiger partial charge in [-0.25, -0.2) is 8.78 Å². The van der Waals surface area contributed by atoms with Crippen LogP contribution >= 0.6 is 0 Å². The van der Waals surface area contributed by atoms with E-state index in [1.807, 2.05) is 0 Å². The van der Waals surface area contributed by atoms with Crippen molar-refractivity contribution in [3.63, 3.8) is 0 Å². The van der Waals surface area contributed by atoms with Crippen LogP contribution in [0.4, 0.5) is 22.0 Å². The number of hydrogen-bond acceptors (Lipinski definition) is 7. The van der Waals surface area contributed by atoms with Crippen LogP contribution < -0.4 is 5.32 Å². The monoisotopic (exact) mass is 509 g/mol. The van der Waals surface area contributed by atoms with Gasteiger partial charge in [-0.05, 0) is 62.1 Å². The molecule has 190 valence electrons. The molecular weight excluding hydrogens is 489 g/mol. The summed E-state index contributed by atoms with van der Waals surface area (Å²) in [6.07, 6.45) is -0.383. The number of alkyl halides is 3. The van der Waals surface area contributed by atoms with Gasteiger partial charge in [0.15, 0.2) is 17.3 Å². The second-order valence-electron chi connectivity index (χ2n) is 9.47. The summed E-state index contributed by atoms with van der Waals surface area (Å²) in [5.41, 5.74) is -2.13. The SMILES string of the molecule is O=C(NCC12CCC(c3nc(-c4ccc(C(F)(F)F)nn4)no3)(CC1)CC2)c1cc(F)c(O)cc1F. The quantitative estimate of drug-likeness (QED) is 0.485. The fourth-order valence-corrected chi connectivity index (χ4v) is 5.07. The van der Waals surface area contributed by atoms with Gasteiger partial charge >= 0.3 is 6.18 Å². The lowest BCUT2D eigenvalue weighted by atomic mass is 9.53. The third-order valence-electron chi connectivity index (χ3n) is 7.37. The molecule has 3 aliphatic carbocycles. The summed E-state index contributed by atoms with van der Waals surface area (Å²) in [5.74, 6) is -3.28. The number of carbonyl (C=O) groups is 1. The van der Waals surface area contributed by atoms with Gasteiger partial charge in [0.05, 0.1) is 5.56 Å². The molecule has 1 amide bonds. The van der Waals surface area contributed by atoms with Crippen molar-refractivity contribution < 1.29 is 36.4 Å². The van der Waals surface area contributed by atoms with E-state index in [4.69, 9.17) is 4.52 Å². The van der Waals surface area contributed by atoms with Crippen LogP contribution in [-0.2, 0) is 11.6 Å². The van der Waals surface area contributed by atoms with E-state index in [1.54, 1.807) is 0 Å². The first kappa shape index (κ1) is 24.1. The Morgan fingerprint density at radius 2 is 1.72 bits per heavy atom. The molecule has 0 atom stereocenters. The predicted octanol–water partition coefficient (Wildman–Crippen LogP) is 4.55. The second kappa shape index (κ2) is 8.49. The zero-order valence-corrected chi connectivity index (χ0v) is 18.7. The number of nitrogens with zero attached hydrogens (tertiary/aromatic N) is 4. The molecule has 1 aromatic carbocycles. The van der Waals surface area contributed by atoms with Gasteiger partial charge in [0.1, 0.15) is 11.5 Å². The molecule has 13 heteroatoms. The third-order valence-corrected chi connectivity index (χ3v) is 7.37. The van der Waals surface area contributed by atoms with E-state index in [-0.39, 0.29) is 28.9 Å². The summed E-state index contributed by atoms with van der Waals surface area (Å²) in [6, 6.07) is 3.17. The Morgan fingerprint density at radius 1 is 1.03 bits per heavy atom. The predicted molar refractivity (Wildman–Crippen MR) is 112 cm³/mol. The number of nitrogens with one attached hydrogen (secondary N) is 1. The molecule has 2 aromatic heterocycles. The van der Waals surface area contributed by atoms with E-state index in [1.165, 1.54) is 0 Å². The van der Waals surface area contributed by atoms with Crippen LogP contribution in [0.1, 0.15) is 60.5 Å². The van der Waals surface area contributed by atoms with Gasteiger partial charge in [0, 0.05) is 18.0 Å². The molecule has 0 spiro atoms. The Bertz CT molecular complexity index is 1280. The van der Waals surface area contributed by atoms with E-state index in [0.717, 1.165) is 31.4 Å². The van der Waals surface area contributed by atoms with Crippen molar-refractivity contribution >= 4 is 5.91 Å². The molecule has 3 fully saturated rings. The molecule has 0 radical (unpaired) electrons. The normalized spacial score (nSPS) is 23.6. The van der Waals surface area contributed by atoms with Crippen LogP contribution in [0, 0.1) is 17.0 Å². The van der Waals surface area contributed by atoms with Crippen LogP contribution in [0.3, 0.4) is 0 Å². The van der Waals surface area contributed by atoms with Crippen LogP contribution in [0.25, 0.3) is 11.5 Å². The fourth-order valence-electron chi connectivity index (χ4n) is 5.07. The molecule has 36 heavy (non-hydrogen) atoms. The van der Waals surface area contributed by atoms with Crippen LogP contribution in [-0.4, -0.2) is 37.9 Å². The first-order valence-electron chi connectivity index (χ1n) is 11.2. The second-order valence-corrected chi connectivity index (χ2v) is 9.47. The number of aromatic hydroxyl groups is 1. The number of aromatic nitrogens is 4. The summed E-state index contributed by atoms with van der Waals surface area (Å²) in [5, 5.41) is 22.6. The van der Waals surface area contributed by atoms with Gasteiger partial charge in [-0.2, -0.15) is 18.2 Å². The molecule has 0 aliphatic heterocycles. The number of rotatable bonds is 5. The van der Waals surface area contributed by atoms with Crippen molar-refractivity contribution in [2.24, 2.45) is 5.41 Å². The average Bonchev–Trinajstić information content (AvgIpc) is 3.37. The molecule has 2 bridgehead atoms. The zero-order chi connectivity index (χ0) is 25.7. The third kappa shape index (κ3) is 4.26. The Morgan fingerprint density at radius 3 is 2.33 bits per heavy atom. The Hall–Kier alpha value is -3.64. The lowest BCUT2D eigenvalue weighted by Crippen LogP contribution is -2.49. The summed E-state index contributed by atoms with van der Waals surface area (Å²) >= 11 is 0. The molecule has 0 saturated heterocycles. The number of phenols is 1. The zero-order valence-electron chi connectivity index (χ0n) is 18.7. The molecule has 0 unspecified atom stereocenters.